The molecular weight excluding hydrogens is 257 g/mol. The van der Waals surface area contributed by atoms with Gasteiger partial charge in [-0.15, -0.1) is 0 Å². The summed E-state index contributed by atoms with van der Waals surface area (Å²) in [6.45, 7) is 3.44. The van der Waals surface area contributed by atoms with Crippen LogP contribution in [0.4, 0.5) is 10.1 Å². The fourth-order valence-corrected chi connectivity index (χ4v) is 2.10. The number of hydrogen-bond donors (Lipinski definition) is 2. The molecule has 0 aromatic heterocycles. The van der Waals surface area contributed by atoms with Crippen molar-refractivity contribution in [3.05, 3.63) is 29.6 Å². The Hall–Kier alpha value is -2.09. The summed E-state index contributed by atoms with van der Waals surface area (Å²) in [6, 6.07) is 6.89. The van der Waals surface area contributed by atoms with Crippen molar-refractivity contribution in [2.24, 2.45) is 5.92 Å². The van der Waals surface area contributed by atoms with Crippen LogP contribution in [0.15, 0.2) is 18.2 Å². The van der Waals surface area contributed by atoms with Gasteiger partial charge in [-0.25, -0.2) is 4.39 Å². The van der Waals surface area contributed by atoms with Crippen molar-refractivity contribution in [3.8, 4) is 6.07 Å². The Labute approximate surface area is 118 Å². The second kappa shape index (κ2) is 5.49. The highest BCUT2D eigenvalue weighted by atomic mass is 19.1. The molecule has 0 radical (unpaired) electrons. The van der Waals surface area contributed by atoms with E-state index in [4.69, 9.17) is 5.26 Å². The highest BCUT2D eigenvalue weighted by Gasteiger charge is 2.42. The lowest BCUT2D eigenvalue weighted by Gasteiger charge is -2.23. The molecule has 5 heteroatoms. The van der Waals surface area contributed by atoms with E-state index in [2.05, 4.69) is 16.7 Å². The highest BCUT2D eigenvalue weighted by Crippen LogP contribution is 2.39. The summed E-state index contributed by atoms with van der Waals surface area (Å²) in [5.74, 6) is -0.328. The summed E-state index contributed by atoms with van der Waals surface area (Å²) < 4.78 is 13.4. The number of benzene rings is 1. The molecule has 4 nitrogen and oxygen atoms in total. The van der Waals surface area contributed by atoms with Gasteiger partial charge in [0.2, 0.25) is 5.91 Å². The van der Waals surface area contributed by atoms with Crippen LogP contribution in [-0.2, 0) is 4.79 Å². The van der Waals surface area contributed by atoms with Gasteiger partial charge in [0.1, 0.15) is 11.4 Å². The SMILES string of the molecule is Cc1ccc(NCC(=O)N[C@](C)(C#N)C2CC2)cc1F. The van der Waals surface area contributed by atoms with Crippen LogP contribution in [0.2, 0.25) is 0 Å². The number of amides is 1. The van der Waals surface area contributed by atoms with Crippen LogP contribution in [0.25, 0.3) is 0 Å². The molecule has 0 aliphatic heterocycles. The number of hydrogen-bond acceptors (Lipinski definition) is 3. The zero-order valence-corrected chi connectivity index (χ0v) is 11.7. The average Bonchev–Trinajstić information content (AvgIpc) is 3.25. The van der Waals surface area contributed by atoms with Crippen LogP contribution in [0.1, 0.15) is 25.3 Å². The smallest absolute Gasteiger partial charge is 0.240 e. The maximum atomic E-state index is 13.4. The lowest BCUT2D eigenvalue weighted by molar-refractivity contribution is -0.120. The largest absolute Gasteiger partial charge is 0.376 e. The Morgan fingerprint density at radius 3 is 2.80 bits per heavy atom. The van der Waals surface area contributed by atoms with E-state index in [-0.39, 0.29) is 24.2 Å². The fraction of sp³-hybridized carbons (Fsp3) is 0.467. The molecule has 2 rings (SSSR count). The molecule has 1 fully saturated rings. The van der Waals surface area contributed by atoms with Crippen molar-refractivity contribution in [3.63, 3.8) is 0 Å². The van der Waals surface area contributed by atoms with E-state index in [9.17, 15) is 9.18 Å². The van der Waals surface area contributed by atoms with Crippen molar-refractivity contribution in [2.45, 2.75) is 32.2 Å². The molecule has 1 aromatic rings. The first-order chi connectivity index (χ1) is 9.44. The van der Waals surface area contributed by atoms with E-state index < -0.39 is 5.54 Å². The number of nitrogens with zero attached hydrogens (tertiary/aromatic N) is 1. The Balaban J connectivity index is 1.89. The van der Waals surface area contributed by atoms with E-state index >= 15 is 0 Å². The van der Waals surface area contributed by atoms with Crippen LogP contribution in [0, 0.1) is 30.0 Å². The highest BCUT2D eigenvalue weighted by molar-refractivity contribution is 5.81. The first kappa shape index (κ1) is 14.3. The van der Waals surface area contributed by atoms with Crippen LogP contribution >= 0.6 is 0 Å². The van der Waals surface area contributed by atoms with Gasteiger partial charge in [0.25, 0.3) is 0 Å². The topological polar surface area (TPSA) is 64.9 Å². The number of nitrogens with one attached hydrogen (secondary N) is 2. The maximum absolute atomic E-state index is 13.4. The standard InChI is InChI=1S/C15H18FN3O/c1-10-3-6-12(7-13(10)16)18-8-14(20)19-15(2,9-17)11-4-5-11/h3,6-7,11,18H,4-5,8H2,1-2H3,(H,19,20)/t15-/m1/s1. The van der Waals surface area contributed by atoms with Crippen LogP contribution in [-0.4, -0.2) is 18.0 Å². The molecule has 0 heterocycles. The van der Waals surface area contributed by atoms with Gasteiger partial charge in [-0.3, -0.25) is 4.79 Å². The third-order valence-corrected chi connectivity index (χ3v) is 3.65. The zero-order chi connectivity index (χ0) is 14.8. The van der Waals surface area contributed by atoms with Gasteiger partial charge >= 0.3 is 0 Å². The number of rotatable bonds is 5. The second-order valence-corrected chi connectivity index (χ2v) is 5.45. The molecule has 0 spiro atoms. The van der Waals surface area contributed by atoms with Crippen molar-refractivity contribution in [1.82, 2.24) is 5.32 Å². The van der Waals surface area contributed by atoms with Crippen LogP contribution in [0.3, 0.4) is 0 Å². The Kier molecular flexibility index (Phi) is 3.93. The molecular formula is C15H18FN3O. The lowest BCUT2D eigenvalue weighted by Crippen LogP contribution is -2.48. The van der Waals surface area contributed by atoms with E-state index in [0.717, 1.165) is 12.8 Å². The number of carbonyl (C=O) groups is 1. The van der Waals surface area contributed by atoms with Crippen molar-refractivity contribution >= 4 is 11.6 Å². The van der Waals surface area contributed by atoms with Gasteiger partial charge in [0, 0.05) is 5.69 Å². The molecule has 1 aromatic carbocycles. The minimum absolute atomic E-state index is 0.0203. The zero-order valence-electron chi connectivity index (χ0n) is 11.7. The molecule has 0 saturated heterocycles. The van der Waals surface area contributed by atoms with Crippen LogP contribution < -0.4 is 10.6 Å². The summed E-state index contributed by atoms with van der Waals surface area (Å²) in [4.78, 5) is 11.9. The third kappa shape index (κ3) is 3.27. The Bertz CT molecular complexity index is 563. The number of anilines is 1. The lowest BCUT2D eigenvalue weighted by atomic mass is 9.98. The first-order valence-electron chi connectivity index (χ1n) is 6.67. The minimum atomic E-state index is -0.794. The van der Waals surface area contributed by atoms with Crippen LogP contribution in [0.5, 0.6) is 0 Å². The van der Waals surface area contributed by atoms with E-state index in [1.54, 1.807) is 26.0 Å². The van der Waals surface area contributed by atoms with Gasteiger partial charge in [-0.1, -0.05) is 6.07 Å². The van der Waals surface area contributed by atoms with Gasteiger partial charge in [0.15, 0.2) is 0 Å². The van der Waals surface area contributed by atoms with E-state index in [1.165, 1.54) is 6.07 Å². The number of nitriles is 1. The molecule has 0 bridgehead atoms. The molecule has 106 valence electrons. The monoisotopic (exact) mass is 275 g/mol. The van der Waals surface area contributed by atoms with Crippen molar-refractivity contribution < 1.29 is 9.18 Å². The molecule has 2 N–H and O–H groups in total. The summed E-state index contributed by atoms with van der Waals surface area (Å²) in [5, 5.41) is 14.8. The normalized spacial score (nSPS) is 16.9. The molecule has 1 atom stereocenters. The van der Waals surface area contributed by atoms with Gasteiger partial charge in [0.05, 0.1) is 12.6 Å². The van der Waals surface area contributed by atoms with Gasteiger partial charge in [-0.05, 0) is 50.3 Å². The molecule has 1 amide bonds. The first-order valence-corrected chi connectivity index (χ1v) is 6.67. The van der Waals surface area contributed by atoms with Crippen molar-refractivity contribution in [1.29, 1.82) is 5.26 Å². The molecule has 1 saturated carbocycles. The second-order valence-electron chi connectivity index (χ2n) is 5.45. The van der Waals surface area contributed by atoms with E-state index in [0.29, 0.717) is 11.3 Å². The molecule has 1 aliphatic rings. The predicted molar refractivity (Wildman–Crippen MR) is 74.5 cm³/mol. The number of carbonyl (C=O) groups excluding carboxylic acids is 1. The number of aryl methyl sites for hydroxylation is 1. The number of halogens is 1. The fourth-order valence-electron chi connectivity index (χ4n) is 2.10. The average molecular weight is 275 g/mol. The quantitative estimate of drug-likeness (QED) is 0.867. The summed E-state index contributed by atoms with van der Waals surface area (Å²) in [6.07, 6.45) is 1.95. The summed E-state index contributed by atoms with van der Waals surface area (Å²) in [7, 11) is 0. The molecule has 20 heavy (non-hydrogen) atoms. The molecule has 1 aliphatic carbocycles. The summed E-state index contributed by atoms with van der Waals surface area (Å²) in [5.41, 5.74) is 0.316. The summed E-state index contributed by atoms with van der Waals surface area (Å²) >= 11 is 0. The van der Waals surface area contributed by atoms with Gasteiger partial charge < -0.3 is 10.6 Å². The minimum Gasteiger partial charge on any atom is -0.376 e. The predicted octanol–water partition coefficient (Wildman–Crippen LogP) is 2.35. The Morgan fingerprint density at radius 1 is 1.55 bits per heavy atom. The maximum Gasteiger partial charge on any atom is 0.240 e. The third-order valence-electron chi connectivity index (χ3n) is 3.65. The van der Waals surface area contributed by atoms with E-state index in [1.807, 2.05) is 0 Å². The molecule has 0 unspecified atom stereocenters. The van der Waals surface area contributed by atoms with Crippen molar-refractivity contribution in [2.75, 3.05) is 11.9 Å². The van der Waals surface area contributed by atoms with Gasteiger partial charge in [-0.2, -0.15) is 5.26 Å². The Morgan fingerprint density at radius 2 is 2.25 bits per heavy atom.